The maximum absolute atomic E-state index is 12.2. The topological polar surface area (TPSA) is 85.3 Å². The highest BCUT2D eigenvalue weighted by Gasteiger charge is 2.17. The van der Waals surface area contributed by atoms with Crippen molar-refractivity contribution in [3.05, 3.63) is 83.2 Å². The molecule has 2 aromatic heterocycles. The predicted molar refractivity (Wildman–Crippen MR) is 120 cm³/mol. The first-order valence-corrected chi connectivity index (χ1v) is 10.7. The van der Waals surface area contributed by atoms with E-state index in [1.807, 2.05) is 59.2 Å². The molecule has 0 fully saturated rings. The van der Waals surface area contributed by atoms with Crippen molar-refractivity contribution in [3.8, 4) is 17.1 Å². The number of hydrogen-bond donors (Lipinski definition) is 1. The third kappa shape index (κ3) is 4.87. The van der Waals surface area contributed by atoms with Gasteiger partial charge in [-0.15, -0.1) is 10.2 Å². The van der Waals surface area contributed by atoms with Crippen molar-refractivity contribution in [2.75, 3.05) is 5.75 Å². The van der Waals surface area contributed by atoms with Crippen molar-refractivity contribution in [1.82, 2.24) is 20.2 Å². The molecule has 0 saturated heterocycles. The number of carbonyl (C=O) groups is 1. The summed E-state index contributed by atoms with van der Waals surface area (Å²) in [7, 11) is 0. The minimum absolute atomic E-state index is 0.138. The first-order chi connectivity index (χ1) is 14.7. The van der Waals surface area contributed by atoms with Gasteiger partial charge in [0.05, 0.1) is 18.2 Å². The maximum Gasteiger partial charge on any atom is 0.250 e. The minimum atomic E-state index is -0.255. The molecule has 0 unspecified atom stereocenters. The average Bonchev–Trinajstić information content (AvgIpc) is 3.43. The summed E-state index contributed by atoms with van der Waals surface area (Å²) >= 11 is 4.79. The second kappa shape index (κ2) is 9.55. The zero-order chi connectivity index (χ0) is 20.8. The van der Waals surface area contributed by atoms with Crippen LogP contribution in [0.4, 0.5) is 0 Å². The molecule has 2 heterocycles. The lowest BCUT2D eigenvalue weighted by Crippen LogP contribution is -2.19. The number of hydrogen-bond acceptors (Lipinski definition) is 6. The maximum atomic E-state index is 12.2. The second-order valence-electron chi connectivity index (χ2n) is 6.08. The van der Waals surface area contributed by atoms with E-state index in [1.54, 1.807) is 12.1 Å². The molecule has 0 aliphatic heterocycles. The molecule has 150 valence electrons. The van der Waals surface area contributed by atoms with Crippen LogP contribution in [-0.2, 0) is 4.79 Å². The van der Waals surface area contributed by atoms with E-state index >= 15 is 0 Å². The van der Waals surface area contributed by atoms with Crippen LogP contribution in [0.3, 0.4) is 0 Å². The second-order valence-corrected chi connectivity index (χ2v) is 7.94. The van der Waals surface area contributed by atoms with Crippen molar-refractivity contribution >= 4 is 39.8 Å². The molecule has 4 aromatic rings. The lowest BCUT2D eigenvalue weighted by molar-refractivity contribution is -0.118. The van der Waals surface area contributed by atoms with Gasteiger partial charge < -0.3 is 4.42 Å². The van der Waals surface area contributed by atoms with E-state index in [9.17, 15) is 4.79 Å². The lowest BCUT2D eigenvalue weighted by Gasteiger charge is -2.10. The number of halogens is 1. The number of furan rings is 1. The molecule has 0 bridgehead atoms. The summed E-state index contributed by atoms with van der Waals surface area (Å²) in [4.78, 5) is 12.2. The Morgan fingerprint density at radius 3 is 2.77 bits per heavy atom. The van der Waals surface area contributed by atoms with Gasteiger partial charge in [-0.3, -0.25) is 9.36 Å². The highest BCUT2D eigenvalue weighted by molar-refractivity contribution is 9.10. The van der Waals surface area contributed by atoms with Crippen LogP contribution >= 0.6 is 27.7 Å². The smallest absolute Gasteiger partial charge is 0.250 e. The highest BCUT2D eigenvalue weighted by Crippen LogP contribution is 2.29. The van der Waals surface area contributed by atoms with Crippen molar-refractivity contribution in [3.63, 3.8) is 0 Å². The van der Waals surface area contributed by atoms with Crippen molar-refractivity contribution < 1.29 is 9.21 Å². The zero-order valence-electron chi connectivity index (χ0n) is 15.6. The molecular formula is C21H16BrN5O2S. The molecule has 0 saturated carbocycles. The molecule has 2 aromatic carbocycles. The van der Waals surface area contributed by atoms with E-state index < -0.39 is 0 Å². The molecule has 9 heteroatoms. The summed E-state index contributed by atoms with van der Waals surface area (Å²) in [6, 6.07) is 21.1. The van der Waals surface area contributed by atoms with Gasteiger partial charge in [0.2, 0.25) is 0 Å². The molecule has 0 atom stereocenters. The summed E-state index contributed by atoms with van der Waals surface area (Å²) in [5.74, 6) is 1.14. The van der Waals surface area contributed by atoms with Crippen LogP contribution in [0.15, 0.2) is 92.1 Å². The van der Waals surface area contributed by atoms with Crippen LogP contribution in [0.1, 0.15) is 5.76 Å². The third-order valence-corrected chi connectivity index (χ3v) is 5.41. The Labute approximate surface area is 185 Å². The Kier molecular flexibility index (Phi) is 6.41. The van der Waals surface area contributed by atoms with Gasteiger partial charge in [-0.1, -0.05) is 58.0 Å². The Bertz CT molecular complexity index is 1160. The quantitative estimate of drug-likeness (QED) is 0.238. The SMILES string of the molecule is O=C(CSc1nnc(-c2cccc(Br)c2)n1-c1ccccc1)NN=Cc1ccco1. The molecular weight excluding hydrogens is 466 g/mol. The Morgan fingerprint density at radius 2 is 2.00 bits per heavy atom. The normalized spacial score (nSPS) is 11.1. The summed E-state index contributed by atoms with van der Waals surface area (Å²) in [5, 5.41) is 13.2. The molecule has 0 aliphatic rings. The van der Waals surface area contributed by atoms with E-state index in [4.69, 9.17) is 4.42 Å². The predicted octanol–water partition coefficient (Wildman–Crippen LogP) is 4.53. The van der Waals surface area contributed by atoms with Crippen LogP contribution in [0, 0.1) is 0 Å². The van der Waals surface area contributed by atoms with E-state index in [0.29, 0.717) is 16.7 Å². The molecule has 7 nitrogen and oxygen atoms in total. The standard InChI is InChI=1S/C21H16BrN5O2S/c22-16-7-4-6-15(12-16)20-25-26-21(27(20)17-8-2-1-3-9-17)30-14-19(28)24-23-13-18-10-5-11-29-18/h1-13H,14H2,(H,24,28). The first-order valence-electron chi connectivity index (χ1n) is 8.96. The van der Waals surface area contributed by atoms with Gasteiger partial charge in [0.25, 0.3) is 5.91 Å². The number of amides is 1. The van der Waals surface area contributed by atoms with E-state index in [2.05, 4.69) is 36.7 Å². The number of rotatable bonds is 7. The fraction of sp³-hybridized carbons (Fsp3) is 0.0476. The molecule has 0 spiro atoms. The van der Waals surface area contributed by atoms with Gasteiger partial charge in [0.1, 0.15) is 5.76 Å². The fourth-order valence-electron chi connectivity index (χ4n) is 2.68. The van der Waals surface area contributed by atoms with Crippen LogP contribution in [0.2, 0.25) is 0 Å². The summed E-state index contributed by atoms with van der Waals surface area (Å²) in [6.45, 7) is 0. The van der Waals surface area contributed by atoms with Crippen LogP contribution in [-0.4, -0.2) is 32.6 Å². The lowest BCUT2D eigenvalue weighted by atomic mass is 10.2. The summed E-state index contributed by atoms with van der Waals surface area (Å²) < 4.78 is 8.02. The molecule has 1 amide bonds. The van der Waals surface area contributed by atoms with Gasteiger partial charge in [0, 0.05) is 15.7 Å². The number of hydrazone groups is 1. The van der Waals surface area contributed by atoms with Crippen molar-refractivity contribution in [1.29, 1.82) is 0 Å². The van der Waals surface area contributed by atoms with E-state index in [0.717, 1.165) is 15.7 Å². The number of thioether (sulfide) groups is 1. The van der Waals surface area contributed by atoms with Gasteiger partial charge in [-0.25, -0.2) is 5.43 Å². The summed E-state index contributed by atoms with van der Waals surface area (Å²) in [6.07, 6.45) is 2.98. The van der Waals surface area contributed by atoms with Crippen LogP contribution < -0.4 is 5.43 Å². The largest absolute Gasteiger partial charge is 0.463 e. The summed E-state index contributed by atoms with van der Waals surface area (Å²) in [5.41, 5.74) is 4.31. The number of nitrogens with zero attached hydrogens (tertiary/aromatic N) is 4. The molecule has 0 aliphatic carbocycles. The first kappa shape index (κ1) is 20.1. The molecule has 1 N–H and O–H groups in total. The van der Waals surface area contributed by atoms with E-state index in [1.165, 1.54) is 24.2 Å². The number of carbonyl (C=O) groups excluding carboxylic acids is 1. The van der Waals surface area contributed by atoms with Crippen molar-refractivity contribution in [2.24, 2.45) is 5.10 Å². The van der Waals surface area contributed by atoms with E-state index in [-0.39, 0.29) is 11.7 Å². The Balaban J connectivity index is 1.54. The molecule has 30 heavy (non-hydrogen) atoms. The van der Waals surface area contributed by atoms with Crippen molar-refractivity contribution in [2.45, 2.75) is 5.16 Å². The average molecular weight is 482 g/mol. The zero-order valence-corrected chi connectivity index (χ0v) is 18.0. The third-order valence-electron chi connectivity index (χ3n) is 3.99. The number of para-hydroxylation sites is 1. The van der Waals surface area contributed by atoms with Gasteiger partial charge in [-0.2, -0.15) is 5.10 Å². The molecule has 0 radical (unpaired) electrons. The highest BCUT2D eigenvalue weighted by atomic mass is 79.9. The van der Waals surface area contributed by atoms with Gasteiger partial charge >= 0.3 is 0 Å². The number of nitrogens with one attached hydrogen (secondary N) is 1. The molecule has 4 rings (SSSR count). The van der Waals surface area contributed by atoms with Gasteiger partial charge in [0.15, 0.2) is 11.0 Å². The minimum Gasteiger partial charge on any atom is -0.463 e. The number of aromatic nitrogens is 3. The van der Waals surface area contributed by atoms with Gasteiger partial charge in [-0.05, 0) is 36.4 Å². The fourth-order valence-corrected chi connectivity index (χ4v) is 3.83. The van der Waals surface area contributed by atoms with Crippen LogP contribution in [0.25, 0.3) is 17.1 Å². The number of benzene rings is 2. The Morgan fingerprint density at radius 1 is 1.13 bits per heavy atom. The Hall–Kier alpha value is -3.17. The monoisotopic (exact) mass is 481 g/mol. The van der Waals surface area contributed by atoms with Crippen LogP contribution in [0.5, 0.6) is 0 Å².